The topological polar surface area (TPSA) is 59.5 Å². The Morgan fingerprint density at radius 1 is 1.48 bits per heavy atom. The number of amides is 1. The molecule has 1 amide bonds. The molecule has 1 fully saturated rings. The Kier molecular flexibility index (Phi) is 5.73. The first-order valence-corrected chi connectivity index (χ1v) is 8.24. The number of aryl methyl sites for hydroxylation is 1. The molecule has 1 aromatic heterocycles. The fourth-order valence-corrected chi connectivity index (χ4v) is 3.53. The first-order chi connectivity index (χ1) is 10.1. The van der Waals surface area contributed by atoms with Gasteiger partial charge in [0.05, 0.1) is 12.1 Å². The van der Waals surface area contributed by atoms with Gasteiger partial charge < -0.3 is 9.64 Å². The maximum absolute atomic E-state index is 12.2. The van der Waals surface area contributed by atoms with Crippen molar-refractivity contribution < 1.29 is 14.3 Å². The lowest BCUT2D eigenvalue weighted by atomic mass is 9.98. The van der Waals surface area contributed by atoms with Crippen molar-refractivity contribution in [1.82, 2.24) is 9.88 Å². The summed E-state index contributed by atoms with van der Waals surface area (Å²) in [4.78, 5) is 29.7. The van der Waals surface area contributed by atoms with Gasteiger partial charge in [-0.05, 0) is 26.2 Å². The summed E-state index contributed by atoms with van der Waals surface area (Å²) in [6.45, 7) is 3.57. The van der Waals surface area contributed by atoms with Crippen LogP contribution in [0.15, 0.2) is 5.38 Å². The largest absolute Gasteiger partial charge is 0.469 e. The summed E-state index contributed by atoms with van der Waals surface area (Å²) in [7, 11) is 1.37. The van der Waals surface area contributed by atoms with E-state index in [1.807, 2.05) is 11.8 Å². The first kappa shape index (κ1) is 15.9. The molecule has 2 rings (SSSR count). The van der Waals surface area contributed by atoms with E-state index in [2.05, 4.69) is 15.1 Å². The maximum atomic E-state index is 12.2. The van der Waals surface area contributed by atoms with Gasteiger partial charge in [-0.1, -0.05) is 0 Å². The van der Waals surface area contributed by atoms with E-state index < -0.39 is 0 Å². The Morgan fingerprint density at radius 2 is 2.29 bits per heavy atom. The normalized spacial score (nSPS) is 18.6. The number of ether oxygens (including phenoxy) is 1. The molecular weight excluding hydrogens is 288 g/mol. The van der Waals surface area contributed by atoms with Crippen molar-refractivity contribution in [2.24, 2.45) is 0 Å². The second-order valence-electron chi connectivity index (χ2n) is 5.44. The molecule has 1 aliphatic heterocycles. The van der Waals surface area contributed by atoms with Crippen molar-refractivity contribution in [1.29, 1.82) is 0 Å². The zero-order valence-electron chi connectivity index (χ0n) is 12.6. The van der Waals surface area contributed by atoms with Crippen LogP contribution in [0.5, 0.6) is 0 Å². The molecule has 0 saturated carbocycles. The van der Waals surface area contributed by atoms with Gasteiger partial charge in [-0.15, -0.1) is 11.3 Å². The number of hydrogen-bond donors (Lipinski definition) is 0. The highest BCUT2D eigenvalue weighted by molar-refractivity contribution is 7.09. The van der Waals surface area contributed by atoms with Gasteiger partial charge >= 0.3 is 5.97 Å². The lowest BCUT2D eigenvalue weighted by molar-refractivity contribution is -0.141. The predicted octanol–water partition coefficient (Wildman–Crippen LogP) is 2.50. The molecule has 21 heavy (non-hydrogen) atoms. The molecule has 0 N–H and O–H groups in total. The van der Waals surface area contributed by atoms with E-state index in [9.17, 15) is 9.59 Å². The van der Waals surface area contributed by atoms with Gasteiger partial charge in [0.2, 0.25) is 5.91 Å². The number of thiazole rings is 1. The van der Waals surface area contributed by atoms with E-state index in [-0.39, 0.29) is 11.9 Å². The van der Waals surface area contributed by atoms with Crippen molar-refractivity contribution in [3.63, 3.8) is 0 Å². The number of aromatic nitrogens is 1. The average Bonchev–Trinajstić information content (AvgIpc) is 2.93. The zero-order valence-corrected chi connectivity index (χ0v) is 13.4. The minimum absolute atomic E-state index is 0.136. The van der Waals surface area contributed by atoms with Crippen LogP contribution >= 0.6 is 11.3 Å². The third-order valence-electron chi connectivity index (χ3n) is 3.76. The van der Waals surface area contributed by atoms with Crippen LogP contribution in [-0.4, -0.2) is 42.0 Å². The molecule has 0 radical (unpaired) electrons. The Hall–Kier alpha value is -1.43. The predicted molar refractivity (Wildman–Crippen MR) is 81.3 cm³/mol. The van der Waals surface area contributed by atoms with Gasteiger partial charge in [-0.25, -0.2) is 4.98 Å². The quantitative estimate of drug-likeness (QED) is 0.784. The molecule has 2 heterocycles. The Bertz CT molecular complexity index is 501. The lowest BCUT2D eigenvalue weighted by Crippen LogP contribution is -2.39. The molecule has 1 aliphatic rings. The molecule has 1 atom stereocenters. The van der Waals surface area contributed by atoms with Gasteiger partial charge in [-0.2, -0.15) is 0 Å². The Labute approximate surface area is 129 Å². The molecule has 5 nitrogen and oxygen atoms in total. The first-order valence-electron chi connectivity index (χ1n) is 7.36. The summed E-state index contributed by atoms with van der Waals surface area (Å²) in [6, 6.07) is 0. The molecule has 0 aliphatic carbocycles. The fraction of sp³-hybridized carbons (Fsp3) is 0.667. The Balaban J connectivity index is 1.83. The molecule has 0 spiro atoms. The average molecular weight is 310 g/mol. The number of carbonyl (C=O) groups is 2. The molecular formula is C15H22N2O3S. The van der Waals surface area contributed by atoms with Crippen LogP contribution in [0.1, 0.15) is 48.7 Å². The number of rotatable bonds is 5. The van der Waals surface area contributed by atoms with E-state index in [1.54, 1.807) is 11.3 Å². The highest BCUT2D eigenvalue weighted by Gasteiger charge is 2.26. The van der Waals surface area contributed by atoms with Crippen molar-refractivity contribution in [2.75, 3.05) is 20.2 Å². The molecule has 6 heteroatoms. The smallest absolute Gasteiger partial charge is 0.305 e. The van der Waals surface area contributed by atoms with Crippen LogP contribution in [0.2, 0.25) is 0 Å². The summed E-state index contributed by atoms with van der Waals surface area (Å²) < 4.78 is 4.58. The van der Waals surface area contributed by atoms with Gasteiger partial charge in [0.25, 0.3) is 0 Å². The van der Waals surface area contributed by atoms with Crippen molar-refractivity contribution in [3.8, 4) is 0 Å². The molecule has 0 unspecified atom stereocenters. The monoisotopic (exact) mass is 310 g/mol. The second kappa shape index (κ2) is 7.54. The van der Waals surface area contributed by atoms with E-state index in [0.29, 0.717) is 25.2 Å². The molecule has 116 valence electrons. The minimum atomic E-state index is -0.252. The molecule has 1 aromatic rings. The SMILES string of the molecule is COC(=O)CCCC(=O)N1CCC[C@H](c2nc(C)cs2)C1. The summed E-state index contributed by atoms with van der Waals surface area (Å²) in [5, 5.41) is 3.20. The van der Waals surface area contributed by atoms with E-state index in [4.69, 9.17) is 0 Å². The lowest BCUT2D eigenvalue weighted by Gasteiger charge is -2.32. The summed E-state index contributed by atoms with van der Waals surface area (Å²) >= 11 is 1.68. The van der Waals surface area contributed by atoms with Crippen molar-refractivity contribution >= 4 is 23.2 Å². The molecule has 1 saturated heterocycles. The van der Waals surface area contributed by atoms with Gasteiger partial charge in [-0.3, -0.25) is 9.59 Å². The number of esters is 1. The molecule has 0 bridgehead atoms. The van der Waals surface area contributed by atoms with Crippen molar-refractivity contribution in [2.45, 2.75) is 44.9 Å². The van der Waals surface area contributed by atoms with E-state index in [1.165, 1.54) is 7.11 Å². The highest BCUT2D eigenvalue weighted by atomic mass is 32.1. The number of methoxy groups -OCH3 is 1. The number of carbonyl (C=O) groups excluding carboxylic acids is 2. The third kappa shape index (κ3) is 4.52. The maximum Gasteiger partial charge on any atom is 0.305 e. The number of piperidine rings is 1. The van der Waals surface area contributed by atoms with Gasteiger partial charge in [0.1, 0.15) is 0 Å². The fourth-order valence-electron chi connectivity index (χ4n) is 2.61. The van der Waals surface area contributed by atoms with Crippen LogP contribution in [0.25, 0.3) is 0 Å². The summed E-state index contributed by atoms with van der Waals surface area (Å²) in [6.07, 6.45) is 3.40. The standard InChI is InChI=1S/C15H22N2O3S/c1-11-10-21-15(16-11)12-5-4-8-17(9-12)13(18)6-3-7-14(19)20-2/h10,12H,3-9H2,1-2H3/t12-/m0/s1. The van der Waals surface area contributed by atoms with Crippen LogP contribution in [0.3, 0.4) is 0 Å². The summed E-state index contributed by atoms with van der Waals surface area (Å²) in [5.74, 6) is 0.247. The van der Waals surface area contributed by atoms with E-state index >= 15 is 0 Å². The zero-order chi connectivity index (χ0) is 15.2. The van der Waals surface area contributed by atoms with Gasteiger partial charge in [0, 0.05) is 42.9 Å². The Morgan fingerprint density at radius 3 is 2.95 bits per heavy atom. The number of likely N-dealkylation sites (tertiary alicyclic amines) is 1. The van der Waals surface area contributed by atoms with Crippen LogP contribution in [0, 0.1) is 6.92 Å². The van der Waals surface area contributed by atoms with Gasteiger partial charge in [0.15, 0.2) is 0 Å². The number of nitrogens with zero attached hydrogens (tertiary/aromatic N) is 2. The van der Waals surface area contributed by atoms with Crippen LogP contribution in [0.4, 0.5) is 0 Å². The second-order valence-corrected chi connectivity index (χ2v) is 6.33. The number of hydrogen-bond acceptors (Lipinski definition) is 5. The van der Waals surface area contributed by atoms with Crippen LogP contribution < -0.4 is 0 Å². The van der Waals surface area contributed by atoms with Crippen molar-refractivity contribution in [3.05, 3.63) is 16.1 Å². The van der Waals surface area contributed by atoms with E-state index in [0.717, 1.165) is 36.6 Å². The minimum Gasteiger partial charge on any atom is -0.469 e. The molecule has 0 aromatic carbocycles. The summed E-state index contributed by atoms with van der Waals surface area (Å²) in [5.41, 5.74) is 1.05. The highest BCUT2D eigenvalue weighted by Crippen LogP contribution is 2.29. The van der Waals surface area contributed by atoms with Crippen LogP contribution in [-0.2, 0) is 14.3 Å². The third-order valence-corrected chi connectivity index (χ3v) is 4.88.